The van der Waals surface area contributed by atoms with Crippen LogP contribution >= 0.6 is 11.3 Å². The predicted molar refractivity (Wildman–Crippen MR) is 99.2 cm³/mol. The molecule has 1 amide bonds. The Kier molecular flexibility index (Phi) is 5.68. The zero-order valence-electron chi connectivity index (χ0n) is 15.1. The molecule has 3 rings (SSSR count). The van der Waals surface area contributed by atoms with Gasteiger partial charge in [0.25, 0.3) is 5.91 Å². The molecule has 0 radical (unpaired) electrons. The maximum Gasteiger partial charge on any atom is 0.350 e. The van der Waals surface area contributed by atoms with Crippen molar-refractivity contribution in [1.82, 2.24) is 9.88 Å². The number of aryl methyl sites for hydroxylation is 1. The molecular weight excluding hydrogens is 352 g/mol. The number of esters is 1. The van der Waals surface area contributed by atoms with Gasteiger partial charge in [0.2, 0.25) is 0 Å². The van der Waals surface area contributed by atoms with E-state index in [1.54, 1.807) is 11.8 Å². The van der Waals surface area contributed by atoms with Crippen LogP contribution < -0.4 is 0 Å². The first-order valence-corrected chi connectivity index (χ1v) is 9.39. The number of aromatic nitrogens is 1. The third-order valence-corrected chi connectivity index (χ3v) is 5.29. The average Bonchev–Trinajstić information content (AvgIpc) is 3.01. The third kappa shape index (κ3) is 4.28. The molecule has 138 valence electrons. The van der Waals surface area contributed by atoms with Gasteiger partial charge < -0.3 is 14.4 Å². The van der Waals surface area contributed by atoms with Crippen molar-refractivity contribution in [2.24, 2.45) is 0 Å². The molecule has 1 fully saturated rings. The van der Waals surface area contributed by atoms with E-state index in [-0.39, 0.29) is 24.7 Å². The summed E-state index contributed by atoms with van der Waals surface area (Å²) in [6, 6.07) is 9.66. The summed E-state index contributed by atoms with van der Waals surface area (Å²) < 4.78 is 10.9. The summed E-state index contributed by atoms with van der Waals surface area (Å²) >= 11 is 1.28. The summed E-state index contributed by atoms with van der Waals surface area (Å²) in [5, 5.41) is 0.761. The monoisotopic (exact) mass is 374 g/mol. The number of benzene rings is 1. The SMILES string of the molecule is Cc1nc(-c2ccccc2)sc1C(=O)OCC(=O)N1C[C@H](C)O[C@@H](C)C1. The van der Waals surface area contributed by atoms with Crippen LogP contribution in [0.2, 0.25) is 0 Å². The number of nitrogens with zero attached hydrogens (tertiary/aromatic N) is 2. The van der Waals surface area contributed by atoms with Crippen molar-refractivity contribution in [3.8, 4) is 10.6 Å². The van der Waals surface area contributed by atoms with Crippen LogP contribution in [-0.4, -0.2) is 53.7 Å². The van der Waals surface area contributed by atoms with E-state index in [1.807, 2.05) is 44.2 Å². The number of hydrogen-bond acceptors (Lipinski definition) is 6. The maximum atomic E-state index is 12.4. The van der Waals surface area contributed by atoms with Crippen molar-refractivity contribution in [1.29, 1.82) is 0 Å². The van der Waals surface area contributed by atoms with Crippen LogP contribution in [0.5, 0.6) is 0 Å². The first-order valence-electron chi connectivity index (χ1n) is 8.57. The molecule has 1 aromatic carbocycles. The molecule has 1 aromatic heterocycles. The molecule has 0 saturated carbocycles. The number of rotatable bonds is 4. The molecule has 26 heavy (non-hydrogen) atoms. The standard InChI is InChI=1S/C19H22N2O4S/c1-12-9-21(10-13(2)25-12)16(22)11-24-19(23)17-14(3)20-18(26-17)15-7-5-4-6-8-15/h4-8,12-13H,9-11H2,1-3H3/t12-,13-/m0/s1. The van der Waals surface area contributed by atoms with Gasteiger partial charge in [0.1, 0.15) is 9.88 Å². The molecule has 2 atom stereocenters. The van der Waals surface area contributed by atoms with E-state index in [1.165, 1.54) is 11.3 Å². The van der Waals surface area contributed by atoms with Crippen LogP contribution in [0.1, 0.15) is 29.2 Å². The lowest BCUT2D eigenvalue weighted by molar-refractivity contribution is -0.146. The highest BCUT2D eigenvalue weighted by atomic mass is 32.1. The Bertz CT molecular complexity index is 780. The van der Waals surface area contributed by atoms with Crippen LogP contribution in [0.25, 0.3) is 10.6 Å². The topological polar surface area (TPSA) is 68.7 Å². The van der Waals surface area contributed by atoms with Crippen molar-refractivity contribution in [3.63, 3.8) is 0 Å². The van der Waals surface area contributed by atoms with E-state index >= 15 is 0 Å². The van der Waals surface area contributed by atoms with E-state index < -0.39 is 5.97 Å². The van der Waals surface area contributed by atoms with Crippen molar-refractivity contribution >= 4 is 23.2 Å². The highest BCUT2D eigenvalue weighted by Gasteiger charge is 2.27. The minimum atomic E-state index is -0.509. The quantitative estimate of drug-likeness (QED) is 0.770. The summed E-state index contributed by atoms with van der Waals surface area (Å²) in [6.45, 7) is 6.38. The van der Waals surface area contributed by atoms with Gasteiger partial charge in [-0.2, -0.15) is 0 Å². The van der Waals surface area contributed by atoms with E-state index in [9.17, 15) is 9.59 Å². The van der Waals surface area contributed by atoms with Gasteiger partial charge in [-0.3, -0.25) is 4.79 Å². The Hall–Kier alpha value is -2.25. The number of ether oxygens (including phenoxy) is 2. The van der Waals surface area contributed by atoms with E-state index in [0.717, 1.165) is 10.6 Å². The van der Waals surface area contributed by atoms with Gasteiger partial charge in [-0.05, 0) is 20.8 Å². The Balaban J connectivity index is 1.62. The second-order valence-corrected chi connectivity index (χ2v) is 7.43. The zero-order valence-corrected chi connectivity index (χ0v) is 15.9. The van der Waals surface area contributed by atoms with Gasteiger partial charge in [0.05, 0.1) is 17.9 Å². The van der Waals surface area contributed by atoms with E-state index in [2.05, 4.69) is 4.98 Å². The Morgan fingerprint density at radius 1 is 1.23 bits per heavy atom. The lowest BCUT2D eigenvalue weighted by Gasteiger charge is -2.35. The number of carbonyl (C=O) groups excluding carboxylic acids is 2. The first kappa shape index (κ1) is 18.5. The molecule has 0 unspecified atom stereocenters. The van der Waals surface area contributed by atoms with E-state index in [4.69, 9.17) is 9.47 Å². The minimum Gasteiger partial charge on any atom is -0.451 e. The summed E-state index contributed by atoms with van der Waals surface area (Å²) in [4.78, 5) is 31.3. The molecule has 1 saturated heterocycles. The molecule has 1 aliphatic heterocycles. The minimum absolute atomic E-state index is 0.0180. The van der Waals surface area contributed by atoms with Gasteiger partial charge in [-0.25, -0.2) is 9.78 Å². The van der Waals surface area contributed by atoms with Crippen molar-refractivity contribution in [3.05, 3.63) is 40.9 Å². The van der Waals surface area contributed by atoms with Crippen LogP contribution in [0.15, 0.2) is 30.3 Å². The van der Waals surface area contributed by atoms with Crippen LogP contribution in [0, 0.1) is 6.92 Å². The van der Waals surface area contributed by atoms with E-state index in [0.29, 0.717) is 23.7 Å². The van der Waals surface area contributed by atoms with Gasteiger partial charge in [0.15, 0.2) is 6.61 Å². The summed E-state index contributed by atoms with van der Waals surface area (Å²) in [7, 11) is 0. The molecular formula is C19H22N2O4S. The van der Waals surface area contributed by atoms with Crippen molar-refractivity contribution in [2.75, 3.05) is 19.7 Å². The van der Waals surface area contributed by atoms with Crippen molar-refractivity contribution < 1.29 is 19.1 Å². The number of hydrogen-bond donors (Lipinski definition) is 0. The highest BCUT2D eigenvalue weighted by molar-refractivity contribution is 7.17. The van der Waals surface area contributed by atoms with Crippen LogP contribution in [0.3, 0.4) is 0 Å². The largest absolute Gasteiger partial charge is 0.451 e. The molecule has 2 heterocycles. The first-order chi connectivity index (χ1) is 12.4. The molecule has 6 nitrogen and oxygen atoms in total. The van der Waals surface area contributed by atoms with Crippen molar-refractivity contribution in [2.45, 2.75) is 33.0 Å². The maximum absolute atomic E-state index is 12.4. The Morgan fingerprint density at radius 2 is 1.88 bits per heavy atom. The van der Waals surface area contributed by atoms with Gasteiger partial charge in [-0.15, -0.1) is 11.3 Å². The fourth-order valence-electron chi connectivity index (χ4n) is 2.96. The van der Waals surface area contributed by atoms with Gasteiger partial charge >= 0.3 is 5.97 Å². The lowest BCUT2D eigenvalue weighted by atomic mass is 10.2. The normalized spacial score (nSPS) is 20.0. The molecule has 2 aromatic rings. The second-order valence-electron chi connectivity index (χ2n) is 6.43. The summed E-state index contributed by atoms with van der Waals surface area (Å²) in [5.74, 6) is -0.712. The number of amides is 1. The second kappa shape index (κ2) is 7.97. The molecule has 1 aliphatic rings. The molecule has 0 aliphatic carbocycles. The number of carbonyl (C=O) groups is 2. The van der Waals surface area contributed by atoms with Gasteiger partial charge in [-0.1, -0.05) is 30.3 Å². The summed E-state index contributed by atoms with van der Waals surface area (Å²) in [6.07, 6.45) is -0.0360. The highest BCUT2D eigenvalue weighted by Crippen LogP contribution is 2.28. The lowest BCUT2D eigenvalue weighted by Crippen LogP contribution is -2.49. The Labute approximate surface area is 156 Å². The fourth-order valence-corrected chi connectivity index (χ4v) is 3.92. The molecule has 0 N–H and O–H groups in total. The average molecular weight is 374 g/mol. The third-order valence-electron chi connectivity index (χ3n) is 4.10. The molecule has 0 bridgehead atoms. The zero-order chi connectivity index (χ0) is 18.7. The molecule has 0 spiro atoms. The van der Waals surface area contributed by atoms with Gasteiger partial charge in [0, 0.05) is 18.7 Å². The molecule has 7 heteroatoms. The Morgan fingerprint density at radius 3 is 2.54 bits per heavy atom. The number of morpholine rings is 1. The van der Waals surface area contributed by atoms with Crippen LogP contribution in [0.4, 0.5) is 0 Å². The summed E-state index contributed by atoms with van der Waals surface area (Å²) in [5.41, 5.74) is 1.56. The van der Waals surface area contributed by atoms with Crippen LogP contribution in [-0.2, 0) is 14.3 Å². The fraction of sp³-hybridized carbons (Fsp3) is 0.421. The smallest absolute Gasteiger partial charge is 0.350 e. The predicted octanol–water partition coefficient (Wildman–Crippen LogP) is 2.91. The number of thiazole rings is 1.